The second-order valence-corrected chi connectivity index (χ2v) is 5.10. The third-order valence-corrected chi connectivity index (χ3v) is 3.92. The van der Waals surface area contributed by atoms with Crippen LogP contribution in [0.5, 0.6) is 0 Å². The van der Waals surface area contributed by atoms with E-state index in [2.05, 4.69) is 5.32 Å². The molecule has 1 heterocycles. The van der Waals surface area contributed by atoms with Gasteiger partial charge in [-0.3, -0.25) is 9.59 Å². The number of hydrogen-bond donors (Lipinski definition) is 2. The molecule has 0 radical (unpaired) electrons. The van der Waals surface area contributed by atoms with Gasteiger partial charge < -0.3 is 10.4 Å². The molecular weight excluding hydrogens is 242 g/mol. The lowest BCUT2D eigenvalue weighted by Gasteiger charge is -2.07. The minimum absolute atomic E-state index is 0.243. The summed E-state index contributed by atoms with van der Waals surface area (Å²) in [4.78, 5) is 23.0. The van der Waals surface area contributed by atoms with Crippen molar-refractivity contribution in [1.29, 1.82) is 0 Å². The maximum absolute atomic E-state index is 12.0. The van der Waals surface area contributed by atoms with E-state index in [0.29, 0.717) is 17.1 Å². The van der Waals surface area contributed by atoms with E-state index in [1.807, 2.05) is 13.0 Å². The Morgan fingerprint density at radius 1 is 1.59 bits per heavy atom. The van der Waals surface area contributed by atoms with Gasteiger partial charge in [-0.25, -0.2) is 0 Å². The second kappa shape index (κ2) is 3.01. The summed E-state index contributed by atoms with van der Waals surface area (Å²) >= 11 is 6.06. The highest BCUT2D eigenvalue weighted by Crippen LogP contribution is 2.61. The number of aliphatic carboxylic acids is 1. The van der Waals surface area contributed by atoms with Crippen LogP contribution in [0.2, 0.25) is 5.02 Å². The molecule has 2 N–H and O–H groups in total. The zero-order chi connectivity index (χ0) is 12.4. The first kappa shape index (κ1) is 10.6. The van der Waals surface area contributed by atoms with E-state index >= 15 is 0 Å². The molecule has 0 bridgehead atoms. The van der Waals surface area contributed by atoms with Crippen LogP contribution in [-0.2, 0) is 15.0 Å². The summed E-state index contributed by atoms with van der Waals surface area (Å²) in [6.45, 7) is 1.88. The Labute approximate surface area is 103 Å². The van der Waals surface area contributed by atoms with Crippen LogP contribution in [0, 0.1) is 12.8 Å². The molecule has 0 aromatic heterocycles. The molecule has 1 amide bonds. The molecule has 2 unspecified atom stereocenters. The van der Waals surface area contributed by atoms with Gasteiger partial charge in [0.25, 0.3) is 0 Å². The van der Waals surface area contributed by atoms with Crippen molar-refractivity contribution in [1.82, 2.24) is 0 Å². The normalized spacial score (nSPS) is 29.1. The number of carbonyl (C=O) groups excluding carboxylic acids is 1. The zero-order valence-corrected chi connectivity index (χ0v) is 9.84. The van der Waals surface area contributed by atoms with Crippen LogP contribution in [0.4, 0.5) is 5.69 Å². The first-order chi connectivity index (χ1) is 7.96. The fourth-order valence-corrected chi connectivity index (χ4v) is 3.00. The molecule has 5 heteroatoms. The standard InChI is InChI=1S/C12H10ClNO3/c1-5-2-6-9(8(13)3-5)14-11(17)12(6)4-7(12)10(15)16/h2-3,7H,4H2,1H3,(H,14,17)(H,15,16). The number of hydrogen-bond acceptors (Lipinski definition) is 2. The molecule has 2 atom stereocenters. The van der Waals surface area contributed by atoms with Gasteiger partial charge in [0.2, 0.25) is 5.91 Å². The number of rotatable bonds is 1. The molecule has 1 aromatic carbocycles. The van der Waals surface area contributed by atoms with E-state index in [4.69, 9.17) is 16.7 Å². The zero-order valence-electron chi connectivity index (χ0n) is 9.08. The maximum atomic E-state index is 12.0. The third-order valence-electron chi connectivity index (χ3n) is 3.62. The minimum Gasteiger partial charge on any atom is -0.481 e. The van der Waals surface area contributed by atoms with Crippen molar-refractivity contribution < 1.29 is 14.7 Å². The summed E-state index contributed by atoms with van der Waals surface area (Å²) in [5.74, 6) is -1.79. The maximum Gasteiger partial charge on any atom is 0.307 e. The number of anilines is 1. The van der Waals surface area contributed by atoms with Crippen molar-refractivity contribution in [3.05, 3.63) is 28.3 Å². The molecule has 2 aliphatic rings. The van der Waals surface area contributed by atoms with Gasteiger partial charge in [0.1, 0.15) is 0 Å². The van der Waals surface area contributed by atoms with E-state index in [9.17, 15) is 9.59 Å². The third kappa shape index (κ3) is 1.19. The number of fused-ring (bicyclic) bond motifs is 2. The molecular formula is C12H10ClNO3. The van der Waals surface area contributed by atoms with Crippen LogP contribution in [0.15, 0.2) is 12.1 Å². The number of carboxylic acids is 1. The predicted molar refractivity (Wildman–Crippen MR) is 62.2 cm³/mol. The van der Waals surface area contributed by atoms with Gasteiger partial charge >= 0.3 is 5.97 Å². The minimum atomic E-state index is -0.925. The number of halogens is 1. The summed E-state index contributed by atoms with van der Waals surface area (Å²) in [6, 6.07) is 3.61. The number of aryl methyl sites for hydroxylation is 1. The van der Waals surface area contributed by atoms with Crippen LogP contribution >= 0.6 is 11.6 Å². The molecule has 17 heavy (non-hydrogen) atoms. The average molecular weight is 252 g/mol. The second-order valence-electron chi connectivity index (χ2n) is 4.69. The van der Waals surface area contributed by atoms with E-state index in [-0.39, 0.29) is 5.91 Å². The Morgan fingerprint density at radius 3 is 2.88 bits per heavy atom. The van der Waals surface area contributed by atoms with Crippen molar-refractivity contribution >= 4 is 29.2 Å². The molecule has 1 saturated carbocycles. The molecule has 88 valence electrons. The molecule has 1 aliphatic carbocycles. The van der Waals surface area contributed by atoms with Crippen molar-refractivity contribution in [2.24, 2.45) is 5.92 Å². The van der Waals surface area contributed by atoms with Crippen molar-refractivity contribution in [2.75, 3.05) is 5.32 Å². The van der Waals surface area contributed by atoms with Crippen LogP contribution < -0.4 is 5.32 Å². The van der Waals surface area contributed by atoms with Gasteiger partial charge in [0.15, 0.2) is 0 Å². The summed E-state index contributed by atoms with van der Waals surface area (Å²) < 4.78 is 0. The summed E-state index contributed by atoms with van der Waals surface area (Å²) in [7, 11) is 0. The fraction of sp³-hybridized carbons (Fsp3) is 0.333. The molecule has 1 aliphatic heterocycles. The highest BCUT2D eigenvalue weighted by Gasteiger charge is 2.68. The first-order valence-corrected chi connectivity index (χ1v) is 5.69. The highest BCUT2D eigenvalue weighted by atomic mass is 35.5. The van der Waals surface area contributed by atoms with Gasteiger partial charge in [-0.15, -0.1) is 0 Å². The number of nitrogens with one attached hydrogen (secondary N) is 1. The Hall–Kier alpha value is -1.55. The Morgan fingerprint density at radius 2 is 2.29 bits per heavy atom. The van der Waals surface area contributed by atoms with E-state index in [0.717, 1.165) is 11.1 Å². The van der Waals surface area contributed by atoms with Crippen molar-refractivity contribution in [3.63, 3.8) is 0 Å². The van der Waals surface area contributed by atoms with Gasteiger partial charge in [0.05, 0.1) is 22.0 Å². The lowest BCUT2D eigenvalue weighted by Crippen LogP contribution is -2.24. The van der Waals surface area contributed by atoms with E-state index in [1.165, 1.54) is 0 Å². The lowest BCUT2D eigenvalue weighted by molar-refractivity contribution is -0.140. The highest BCUT2D eigenvalue weighted by molar-refractivity contribution is 6.35. The van der Waals surface area contributed by atoms with Crippen LogP contribution in [0.25, 0.3) is 0 Å². The first-order valence-electron chi connectivity index (χ1n) is 5.31. The monoisotopic (exact) mass is 251 g/mol. The number of amides is 1. The number of carboxylic acid groups (broad SMARTS) is 1. The van der Waals surface area contributed by atoms with Gasteiger partial charge in [-0.1, -0.05) is 17.7 Å². The Balaban J connectivity index is 2.19. The number of carbonyl (C=O) groups is 2. The van der Waals surface area contributed by atoms with Gasteiger partial charge in [0, 0.05) is 0 Å². The predicted octanol–water partition coefficient (Wildman–Crippen LogP) is 1.94. The molecule has 1 fully saturated rings. The lowest BCUT2D eigenvalue weighted by atomic mass is 9.93. The SMILES string of the molecule is Cc1cc(Cl)c2c(c1)C1(CC1C(=O)O)C(=O)N2. The Bertz CT molecular complexity index is 569. The van der Waals surface area contributed by atoms with Crippen LogP contribution in [-0.4, -0.2) is 17.0 Å². The molecule has 3 rings (SSSR count). The van der Waals surface area contributed by atoms with E-state index < -0.39 is 17.3 Å². The summed E-state index contributed by atoms with van der Waals surface area (Å²) in [6.07, 6.45) is 0.362. The Kier molecular flexibility index (Phi) is 1.88. The molecule has 4 nitrogen and oxygen atoms in total. The molecule has 1 aromatic rings. The van der Waals surface area contributed by atoms with Gasteiger partial charge in [-0.2, -0.15) is 0 Å². The average Bonchev–Trinajstić information content (AvgIpc) is 2.91. The topological polar surface area (TPSA) is 66.4 Å². The van der Waals surface area contributed by atoms with Crippen molar-refractivity contribution in [3.8, 4) is 0 Å². The smallest absolute Gasteiger partial charge is 0.307 e. The van der Waals surface area contributed by atoms with Gasteiger partial charge in [-0.05, 0) is 30.5 Å². The van der Waals surface area contributed by atoms with Crippen LogP contribution in [0.1, 0.15) is 17.5 Å². The quantitative estimate of drug-likeness (QED) is 0.802. The summed E-state index contributed by atoms with van der Waals surface area (Å²) in [5, 5.41) is 12.2. The molecule has 0 saturated heterocycles. The van der Waals surface area contributed by atoms with E-state index in [1.54, 1.807) is 6.07 Å². The largest absolute Gasteiger partial charge is 0.481 e. The van der Waals surface area contributed by atoms with Crippen molar-refractivity contribution in [2.45, 2.75) is 18.8 Å². The summed E-state index contributed by atoms with van der Waals surface area (Å²) in [5.41, 5.74) is 1.36. The van der Waals surface area contributed by atoms with Crippen LogP contribution in [0.3, 0.4) is 0 Å². The molecule has 1 spiro atoms. The fourth-order valence-electron chi connectivity index (χ4n) is 2.68. The number of benzene rings is 1.